The fourth-order valence-electron chi connectivity index (χ4n) is 2.55. The first-order chi connectivity index (χ1) is 8.79. The van der Waals surface area contributed by atoms with Crippen molar-refractivity contribution in [2.75, 3.05) is 11.4 Å². The average molecular weight is 234 g/mol. The third-order valence-electron chi connectivity index (χ3n) is 3.53. The quantitative estimate of drug-likeness (QED) is 0.754. The first kappa shape index (κ1) is 10.9. The summed E-state index contributed by atoms with van der Waals surface area (Å²) in [5.41, 5.74) is 5.67. The van der Waals surface area contributed by atoms with Crippen molar-refractivity contribution in [3.63, 3.8) is 0 Å². The number of hydrogen-bond donors (Lipinski definition) is 0. The van der Waals surface area contributed by atoms with Gasteiger partial charge in [-0.1, -0.05) is 18.2 Å². The van der Waals surface area contributed by atoms with E-state index in [0.717, 1.165) is 24.1 Å². The molecular formula is C16H14N2. The highest BCUT2D eigenvalue weighted by Gasteiger charge is 2.19. The number of rotatable bonds is 1. The summed E-state index contributed by atoms with van der Waals surface area (Å²) in [6, 6.07) is 16.8. The number of aryl methyl sites for hydroxylation is 1. The largest absolute Gasteiger partial charge is 0.341 e. The van der Waals surface area contributed by atoms with Crippen LogP contribution in [0.1, 0.15) is 16.7 Å². The summed E-state index contributed by atoms with van der Waals surface area (Å²) in [5.74, 6) is 0. The van der Waals surface area contributed by atoms with E-state index in [1.165, 1.54) is 16.9 Å². The minimum absolute atomic E-state index is 0.756. The van der Waals surface area contributed by atoms with Crippen molar-refractivity contribution >= 4 is 11.4 Å². The van der Waals surface area contributed by atoms with Crippen molar-refractivity contribution in [3.8, 4) is 6.07 Å². The second kappa shape index (κ2) is 4.19. The van der Waals surface area contributed by atoms with Crippen LogP contribution in [0.2, 0.25) is 0 Å². The smallest absolute Gasteiger partial charge is 0.0994 e. The Bertz CT molecular complexity index is 638. The lowest BCUT2D eigenvalue weighted by Crippen LogP contribution is -2.13. The normalized spacial score (nSPS) is 13.2. The minimum Gasteiger partial charge on any atom is -0.341 e. The molecule has 0 aromatic heterocycles. The van der Waals surface area contributed by atoms with Gasteiger partial charge in [-0.3, -0.25) is 0 Å². The molecule has 2 heteroatoms. The summed E-state index contributed by atoms with van der Waals surface area (Å²) in [7, 11) is 0. The number of anilines is 2. The highest BCUT2D eigenvalue weighted by Crippen LogP contribution is 2.34. The summed E-state index contributed by atoms with van der Waals surface area (Å²) < 4.78 is 0. The number of hydrogen-bond acceptors (Lipinski definition) is 2. The molecule has 3 rings (SSSR count). The summed E-state index contributed by atoms with van der Waals surface area (Å²) in [4.78, 5) is 2.32. The van der Waals surface area contributed by atoms with Crippen LogP contribution in [0.3, 0.4) is 0 Å². The number of para-hydroxylation sites is 1. The van der Waals surface area contributed by atoms with Crippen molar-refractivity contribution in [3.05, 3.63) is 59.2 Å². The van der Waals surface area contributed by atoms with Crippen LogP contribution in [0.4, 0.5) is 11.4 Å². The van der Waals surface area contributed by atoms with E-state index in [-0.39, 0.29) is 0 Å². The van der Waals surface area contributed by atoms with E-state index in [1.54, 1.807) is 0 Å². The summed E-state index contributed by atoms with van der Waals surface area (Å²) in [5, 5.41) is 8.97. The second-order valence-corrected chi connectivity index (χ2v) is 4.64. The zero-order valence-electron chi connectivity index (χ0n) is 10.4. The molecule has 0 bridgehead atoms. The Morgan fingerprint density at radius 2 is 2.00 bits per heavy atom. The molecule has 18 heavy (non-hydrogen) atoms. The lowest BCUT2D eigenvalue weighted by atomic mass is 10.1. The molecule has 0 saturated heterocycles. The molecule has 0 radical (unpaired) electrons. The van der Waals surface area contributed by atoms with Gasteiger partial charge in [0.05, 0.1) is 11.6 Å². The zero-order valence-corrected chi connectivity index (χ0v) is 10.4. The van der Waals surface area contributed by atoms with Crippen LogP contribution in [-0.4, -0.2) is 6.54 Å². The fourth-order valence-corrected chi connectivity index (χ4v) is 2.55. The van der Waals surface area contributed by atoms with E-state index in [9.17, 15) is 0 Å². The maximum Gasteiger partial charge on any atom is 0.0994 e. The molecule has 0 saturated carbocycles. The predicted molar refractivity (Wildman–Crippen MR) is 73.0 cm³/mol. The number of nitriles is 1. The molecule has 2 aromatic carbocycles. The van der Waals surface area contributed by atoms with Crippen LogP contribution in [0, 0.1) is 18.3 Å². The topological polar surface area (TPSA) is 27.0 Å². The number of nitrogens with zero attached hydrogens (tertiary/aromatic N) is 2. The zero-order chi connectivity index (χ0) is 12.5. The number of fused-ring (bicyclic) bond motifs is 1. The van der Waals surface area contributed by atoms with E-state index < -0.39 is 0 Å². The Kier molecular flexibility index (Phi) is 2.53. The lowest BCUT2D eigenvalue weighted by molar-refractivity contribution is 0.997. The molecule has 2 nitrogen and oxygen atoms in total. The van der Waals surface area contributed by atoms with Gasteiger partial charge < -0.3 is 4.90 Å². The number of benzene rings is 2. The molecule has 0 amide bonds. The highest BCUT2D eigenvalue weighted by atomic mass is 15.2. The van der Waals surface area contributed by atoms with E-state index >= 15 is 0 Å². The monoisotopic (exact) mass is 234 g/mol. The minimum atomic E-state index is 0.756. The van der Waals surface area contributed by atoms with Gasteiger partial charge in [-0.2, -0.15) is 5.26 Å². The maximum absolute atomic E-state index is 8.97. The summed E-state index contributed by atoms with van der Waals surface area (Å²) in [6.45, 7) is 3.01. The molecule has 0 unspecified atom stereocenters. The molecule has 1 aliphatic rings. The predicted octanol–water partition coefficient (Wildman–Crippen LogP) is 3.56. The van der Waals surface area contributed by atoms with Crippen LogP contribution in [0.15, 0.2) is 42.5 Å². The Morgan fingerprint density at radius 1 is 1.17 bits per heavy atom. The van der Waals surface area contributed by atoms with Gasteiger partial charge in [-0.15, -0.1) is 0 Å². The highest BCUT2D eigenvalue weighted by molar-refractivity contribution is 5.70. The first-order valence-corrected chi connectivity index (χ1v) is 6.16. The van der Waals surface area contributed by atoms with E-state index in [2.05, 4.69) is 41.3 Å². The van der Waals surface area contributed by atoms with Crippen LogP contribution in [0.5, 0.6) is 0 Å². The molecule has 1 aliphatic heterocycles. The van der Waals surface area contributed by atoms with Crippen molar-refractivity contribution in [2.24, 2.45) is 0 Å². The molecule has 0 spiro atoms. The molecule has 0 aliphatic carbocycles. The summed E-state index contributed by atoms with van der Waals surface area (Å²) >= 11 is 0. The Labute approximate surface area is 107 Å². The molecular weight excluding hydrogens is 220 g/mol. The van der Waals surface area contributed by atoms with Gasteiger partial charge in [0, 0.05) is 17.9 Å². The van der Waals surface area contributed by atoms with Crippen LogP contribution in [-0.2, 0) is 6.42 Å². The SMILES string of the molecule is Cc1cc(N2CCc3ccccc32)ccc1C#N. The third-order valence-corrected chi connectivity index (χ3v) is 3.53. The van der Waals surface area contributed by atoms with Gasteiger partial charge in [-0.25, -0.2) is 0 Å². The van der Waals surface area contributed by atoms with Gasteiger partial charge in [0.1, 0.15) is 0 Å². The average Bonchev–Trinajstić information content (AvgIpc) is 2.82. The van der Waals surface area contributed by atoms with Gasteiger partial charge in [0.15, 0.2) is 0 Å². The molecule has 1 heterocycles. The Morgan fingerprint density at radius 3 is 2.78 bits per heavy atom. The van der Waals surface area contributed by atoms with Gasteiger partial charge in [-0.05, 0) is 48.7 Å². The van der Waals surface area contributed by atoms with Gasteiger partial charge in [0.2, 0.25) is 0 Å². The molecule has 0 atom stereocenters. The van der Waals surface area contributed by atoms with Crippen molar-refractivity contribution in [1.29, 1.82) is 5.26 Å². The van der Waals surface area contributed by atoms with E-state index in [1.807, 2.05) is 19.1 Å². The molecule has 2 aromatic rings. The van der Waals surface area contributed by atoms with Crippen molar-refractivity contribution in [1.82, 2.24) is 0 Å². The van der Waals surface area contributed by atoms with Crippen molar-refractivity contribution in [2.45, 2.75) is 13.3 Å². The molecule has 0 N–H and O–H groups in total. The maximum atomic E-state index is 8.97. The van der Waals surface area contributed by atoms with Gasteiger partial charge >= 0.3 is 0 Å². The van der Waals surface area contributed by atoms with E-state index in [4.69, 9.17) is 5.26 Å². The Hall–Kier alpha value is -2.27. The third kappa shape index (κ3) is 1.65. The standard InChI is InChI=1S/C16H14N2/c1-12-10-15(7-6-14(12)11-17)18-9-8-13-4-2-3-5-16(13)18/h2-7,10H,8-9H2,1H3. The second-order valence-electron chi connectivity index (χ2n) is 4.64. The molecule has 88 valence electrons. The molecule has 0 fully saturated rings. The fraction of sp³-hybridized carbons (Fsp3) is 0.188. The van der Waals surface area contributed by atoms with Crippen LogP contribution >= 0.6 is 0 Å². The van der Waals surface area contributed by atoms with E-state index in [0.29, 0.717) is 0 Å². The summed E-state index contributed by atoms with van der Waals surface area (Å²) in [6.07, 6.45) is 1.09. The van der Waals surface area contributed by atoms with Crippen LogP contribution < -0.4 is 4.90 Å². The van der Waals surface area contributed by atoms with Gasteiger partial charge in [0.25, 0.3) is 0 Å². The van der Waals surface area contributed by atoms with Crippen molar-refractivity contribution < 1.29 is 0 Å². The Balaban J connectivity index is 2.03. The van der Waals surface area contributed by atoms with Crippen LogP contribution in [0.25, 0.3) is 0 Å². The lowest BCUT2D eigenvalue weighted by Gasteiger charge is -2.20. The first-order valence-electron chi connectivity index (χ1n) is 6.16.